The fourth-order valence-corrected chi connectivity index (χ4v) is 5.17. The number of hydrogen-bond acceptors (Lipinski definition) is 9. The summed E-state index contributed by atoms with van der Waals surface area (Å²) in [5.74, 6) is -1.24. The van der Waals surface area contributed by atoms with E-state index >= 15 is 0 Å². The van der Waals surface area contributed by atoms with E-state index < -0.39 is 11.9 Å². The van der Waals surface area contributed by atoms with Gasteiger partial charge in [-0.2, -0.15) is 5.26 Å². The van der Waals surface area contributed by atoms with Crippen molar-refractivity contribution < 1.29 is 19.1 Å². The number of aromatic nitrogens is 1. The van der Waals surface area contributed by atoms with Crippen LogP contribution in [0.3, 0.4) is 0 Å². The monoisotopic (exact) mass is 497 g/mol. The SMILES string of the molecule is CCOC(=O)c1sc(N)c(C#N)c1COC(=O)c1cc(-c2ccc(Cl)s2)nc2ccccc12. The molecule has 0 unspecified atom stereocenters. The first-order valence-corrected chi connectivity index (χ1v) is 11.7. The van der Waals surface area contributed by atoms with Gasteiger partial charge in [-0.3, -0.25) is 0 Å². The number of carbonyl (C=O) groups is 2. The number of nitrogen functional groups attached to an aromatic ring is 1. The van der Waals surface area contributed by atoms with E-state index in [9.17, 15) is 14.9 Å². The van der Waals surface area contributed by atoms with Gasteiger partial charge in [-0.05, 0) is 31.2 Å². The molecule has 0 spiro atoms. The second kappa shape index (κ2) is 9.58. The average Bonchev–Trinajstić information content (AvgIpc) is 3.39. The van der Waals surface area contributed by atoms with Gasteiger partial charge in [-0.25, -0.2) is 14.6 Å². The molecule has 33 heavy (non-hydrogen) atoms. The van der Waals surface area contributed by atoms with Gasteiger partial charge in [0, 0.05) is 10.9 Å². The molecule has 0 saturated heterocycles. The fraction of sp³-hybridized carbons (Fsp3) is 0.130. The largest absolute Gasteiger partial charge is 0.462 e. The molecule has 4 aromatic rings. The molecule has 0 saturated carbocycles. The number of ether oxygens (including phenoxy) is 2. The Bertz CT molecular complexity index is 1420. The normalized spacial score (nSPS) is 10.7. The summed E-state index contributed by atoms with van der Waals surface area (Å²) in [5, 5.41) is 10.3. The maximum Gasteiger partial charge on any atom is 0.348 e. The summed E-state index contributed by atoms with van der Waals surface area (Å²) in [5.41, 5.74) is 7.74. The number of fused-ring (bicyclic) bond motifs is 1. The Morgan fingerprint density at radius 2 is 1.94 bits per heavy atom. The summed E-state index contributed by atoms with van der Waals surface area (Å²) in [7, 11) is 0. The highest BCUT2D eigenvalue weighted by molar-refractivity contribution is 7.19. The molecule has 0 radical (unpaired) electrons. The molecule has 0 fully saturated rings. The minimum atomic E-state index is -0.624. The number of rotatable bonds is 6. The lowest BCUT2D eigenvalue weighted by Gasteiger charge is -2.10. The van der Waals surface area contributed by atoms with Gasteiger partial charge < -0.3 is 15.2 Å². The van der Waals surface area contributed by atoms with Crippen LogP contribution < -0.4 is 5.73 Å². The number of halogens is 1. The summed E-state index contributed by atoms with van der Waals surface area (Å²) in [6, 6.07) is 14.4. The number of nitriles is 1. The van der Waals surface area contributed by atoms with Gasteiger partial charge in [-0.15, -0.1) is 22.7 Å². The van der Waals surface area contributed by atoms with Crippen LogP contribution in [0.2, 0.25) is 4.34 Å². The summed E-state index contributed by atoms with van der Waals surface area (Å²) in [6.45, 7) is 1.53. The van der Waals surface area contributed by atoms with Gasteiger partial charge in [0.2, 0.25) is 0 Å². The Kier molecular flexibility index (Phi) is 6.60. The van der Waals surface area contributed by atoms with E-state index in [1.807, 2.05) is 18.2 Å². The highest BCUT2D eigenvalue weighted by Crippen LogP contribution is 2.34. The van der Waals surface area contributed by atoms with Crippen LogP contribution in [0.1, 0.15) is 38.1 Å². The molecule has 7 nitrogen and oxygen atoms in total. The molecule has 0 aliphatic heterocycles. The second-order valence-electron chi connectivity index (χ2n) is 6.73. The van der Waals surface area contributed by atoms with Crippen LogP contribution in [0, 0.1) is 11.3 Å². The minimum absolute atomic E-state index is 0.101. The molecule has 4 rings (SSSR count). The number of hydrogen-bond donors (Lipinski definition) is 1. The zero-order valence-corrected chi connectivity index (χ0v) is 19.6. The molecule has 1 aromatic carbocycles. The number of anilines is 1. The lowest BCUT2D eigenvalue weighted by molar-refractivity contribution is 0.0454. The molecule has 0 aliphatic carbocycles. The van der Waals surface area contributed by atoms with Crippen molar-refractivity contribution in [3.8, 4) is 16.6 Å². The molecule has 166 valence electrons. The molecule has 2 N–H and O–H groups in total. The van der Waals surface area contributed by atoms with E-state index in [4.69, 9.17) is 26.8 Å². The summed E-state index contributed by atoms with van der Waals surface area (Å²) in [4.78, 5) is 31.0. The van der Waals surface area contributed by atoms with Crippen LogP contribution in [0.15, 0.2) is 42.5 Å². The van der Waals surface area contributed by atoms with E-state index in [1.54, 1.807) is 37.3 Å². The Balaban J connectivity index is 1.70. The lowest BCUT2D eigenvalue weighted by atomic mass is 10.1. The van der Waals surface area contributed by atoms with E-state index in [-0.39, 0.29) is 34.2 Å². The second-order valence-corrected chi connectivity index (χ2v) is 9.50. The number of carbonyl (C=O) groups excluding carboxylic acids is 2. The molecule has 0 atom stereocenters. The van der Waals surface area contributed by atoms with E-state index in [1.165, 1.54) is 11.3 Å². The third kappa shape index (κ3) is 4.54. The first-order chi connectivity index (χ1) is 15.9. The van der Waals surface area contributed by atoms with Crippen LogP contribution in [-0.4, -0.2) is 23.5 Å². The Morgan fingerprint density at radius 3 is 2.64 bits per heavy atom. The maximum absolute atomic E-state index is 13.1. The molecular formula is C23H16ClN3O4S2. The van der Waals surface area contributed by atoms with Crippen molar-refractivity contribution >= 4 is 62.1 Å². The molecule has 3 heterocycles. The number of pyridine rings is 1. The highest BCUT2D eigenvalue weighted by Gasteiger charge is 2.25. The number of esters is 2. The predicted octanol–water partition coefficient (Wildman–Crippen LogP) is 5.67. The Hall–Kier alpha value is -3.45. The quantitative estimate of drug-likeness (QED) is 0.341. The summed E-state index contributed by atoms with van der Waals surface area (Å²) >= 11 is 8.35. The smallest absolute Gasteiger partial charge is 0.348 e. The molecule has 0 aliphatic rings. The van der Waals surface area contributed by atoms with E-state index in [0.29, 0.717) is 26.5 Å². The molecule has 10 heteroatoms. The van der Waals surface area contributed by atoms with Crippen molar-refractivity contribution in [3.05, 3.63) is 68.4 Å². The number of thiophene rings is 2. The zero-order valence-electron chi connectivity index (χ0n) is 17.3. The Morgan fingerprint density at radius 1 is 1.15 bits per heavy atom. The van der Waals surface area contributed by atoms with E-state index in [0.717, 1.165) is 16.2 Å². The number of nitrogens with two attached hydrogens (primary N) is 1. The third-order valence-electron chi connectivity index (χ3n) is 4.72. The summed E-state index contributed by atoms with van der Waals surface area (Å²) in [6.07, 6.45) is 0. The van der Waals surface area contributed by atoms with Crippen molar-refractivity contribution in [2.75, 3.05) is 12.3 Å². The molecule has 3 aromatic heterocycles. The van der Waals surface area contributed by atoms with Crippen molar-refractivity contribution in [2.45, 2.75) is 13.5 Å². The molecular weight excluding hydrogens is 482 g/mol. The maximum atomic E-state index is 13.1. The first kappa shape index (κ1) is 22.7. The average molecular weight is 498 g/mol. The zero-order chi connectivity index (χ0) is 23.5. The highest BCUT2D eigenvalue weighted by atomic mass is 35.5. The van der Waals surface area contributed by atoms with Crippen molar-refractivity contribution in [1.29, 1.82) is 5.26 Å². The van der Waals surface area contributed by atoms with Crippen LogP contribution in [0.5, 0.6) is 0 Å². The fourth-order valence-electron chi connectivity index (χ4n) is 3.24. The Labute approximate surface area is 202 Å². The number of para-hydroxylation sites is 1. The minimum Gasteiger partial charge on any atom is -0.462 e. The molecule has 0 bridgehead atoms. The van der Waals surface area contributed by atoms with Crippen LogP contribution >= 0.6 is 34.3 Å². The topological polar surface area (TPSA) is 115 Å². The van der Waals surface area contributed by atoms with Crippen molar-refractivity contribution in [1.82, 2.24) is 4.98 Å². The van der Waals surface area contributed by atoms with Crippen LogP contribution in [0.25, 0.3) is 21.5 Å². The van der Waals surface area contributed by atoms with Gasteiger partial charge in [0.25, 0.3) is 0 Å². The van der Waals surface area contributed by atoms with Gasteiger partial charge in [-0.1, -0.05) is 29.8 Å². The summed E-state index contributed by atoms with van der Waals surface area (Å²) < 4.78 is 11.2. The van der Waals surface area contributed by atoms with Gasteiger partial charge in [0.05, 0.1) is 38.2 Å². The van der Waals surface area contributed by atoms with Crippen LogP contribution in [-0.2, 0) is 16.1 Å². The van der Waals surface area contributed by atoms with Crippen molar-refractivity contribution in [3.63, 3.8) is 0 Å². The van der Waals surface area contributed by atoms with Gasteiger partial charge in [0.15, 0.2) is 0 Å². The van der Waals surface area contributed by atoms with Crippen LogP contribution in [0.4, 0.5) is 5.00 Å². The lowest BCUT2D eigenvalue weighted by Crippen LogP contribution is -2.11. The van der Waals surface area contributed by atoms with E-state index in [2.05, 4.69) is 4.98 Å². The molecule has 0 amide bonds. The predicted molar refractivity (Wildman–Crippen MR) is 129 cm³/mol. The standard InChI is InChI=1S/C23H16ClN3O4S2/c1-2-30-23(29)20-15(14(10-25)21(26)33-20)11-31-22(28)13-9-17(18-7-8-19(24)32-18)27-16-6-4-3-5-12(13)16/h3-9H,2,11,26H2,1H3. The third-order valence-corrected chi connectivity index (χ3v) is 7.01. The first-order valence-electron chi connectivity index (χ1n) is 9.73. The van der Waals surface area contributed by atoms with Crippen molar-refractivity contribution in [2.24, 2.45) is 0 Å². The number of nitrogens with zero attached hydrogens (tertiary/aromatic N) is 2. The number of benzene rings is 1. The van der Waals surface area contributed by atoms with Gasteiger partial charge >= 0.3 is 11.9 Å². The van der Waals surface area contributed by atoms with Gasteiger partial charge in [0.1, 0.15) is 22.6 Å².